The number of urea groups is 1. The quantitative estimate of drug-likeness (QED) is 0.245. The maximum Gasteiger partial charge on any atom is 0.317 e. The molecule has 182 valence electrons. The summed E-state index contributed by atoms with van der Waals surface area (Å²) in [6.45, 7) is 0.703. The highest BCUT2D eigenvalue weighted by Crippen LogP contribution is 2.49. The Kier molecular flexibility index (Phi) is 7.39. The summed E-state index contributed by atoms with van der Waals surface area (Å²) in [6, 6.07) is 29.1. The highest BCUT2D eigenvalue weighted by Gasteiger charge is 2.34. The van der Waals surface area contributed by atoms with Crippen molar-refractivity contribution >= 4 is 52.4 Å². The van der Waals surface area contributed by atoms with Crippen molar-refractivity contribution in [3.8, 4) is 11.1 Å². The molecule has 0 bridgehead atoms. The first-order valence-electron chi connectivity index (χ1n) is 11.5. The van der Waals surface area contributed by atoms with Crippen molar-refractivity contribution in [2.45, 2.75) is 23.5 Å². The number of para-hydroxylation sites is 2. The topological polar surface area (TPSA) is 70.4 Å². The number of fused-ring (bicyclic) bond motifs is 1. The number of thioether (sulfide) groups is 1. The standard InChI is InChI=1S/C28H24Cl2N4OS/c29-21-14-12-18(13-15-21)22-8-2-1-6-20(22)17-32-27(35)33-28-34(24-10-3-4-11-25(24)36-28)26-19(16-31)7-5-9-23(26)30/h1-15,28H,16-17,31H2,(H2,32,33,35). The van der Waals surface area contributed by atoms with Gasteiger partial charge in [0.2, 0.25) is 0 Å². The molecule has 0 fully saturated rings. The molecule has 0 aromatic heterocycles. The van der Waals surface area contributed by atoms with Gasteiger partial charge in [0.25, 0.3) is 0 Å². The van der Waals surface area contributed by atoms with Crippen molar-refractivity contribution in [1.29, 1.82) is 0 Å². The lowest BCUT2D eigenvalue weighted by Gasteiger charge is -2.30. The molecule has 36 heavy (non-hydrogen) atoms. The summed E-state index contributed by atoms with van der Waals surface area (Å²) in [5, 5.41) is 7.40. The first kappa shape index (κ1) is 24.5. The summed E-state index contributed by atoms with van der Waals surface area (Å²) in [4.78, 5) is 16.2. The zero-order valence-corrected chi connectivity index (χ0v) is 21.6. The van der Waals surface area contributed by atoms with Crippen LogP contribution in [-0.4, -0.2) is 11.5 Å². The van der Waals surface area contributed by atoms with E-state index in [1.807, 2.05) is 95.9 Å². The molecule has 4 aromatic rings. The Bertz CT molecular complexity index is 1400. The van der Waals surface area contributed by atoms with E-state index in [2.05, 4.69) is 10.6 Å². The summed E-state index contributed by atoms with van der Waals surface area (Å²) >= 11 is 14.3. The summed E-state index contributed by atoms with van der Waals surface area (Å²) in [5.74, 6) is 0. The SMILES string of the molecule is NCc1cccc(Cl)c1N1c2ccccc2SC1NC(=O)NCc1ccccc1-c1ccc(Cl)cc1. The van der Waals surface area contributed by atoms with E-state index < -0.39 is 0 Å². The molecule has 0 saturated heterocycles. The number of hydrogen-bond donors (Lipinski definition) is 3. The van der Waals surface area contributed by atoms with Crippen LogP contribution < -0.4 is 21.3 Å². The van der Waals surface area contributed by atoms with Gasteiger partial charge < -0.3 is 21.3 Å². The van der Waals surface area contributed by atoms with Crippen LogP contribution in [-0.2, 0) is 13.1 Å². The van der Waals surface area contributed by atoms with E-state index in [0.717, 1.165) is 38.5 Å². The number of nitrogens with two attached hydrogens (primary N) is 1. The van der Waals surface area contributed by atoms with Crippen molar-refractivity contribution < 1.29 is 4.79 Å². The van der Waals surface area contributed by atoms with E-state index in [0.29, 0.717) is 23.1 Å². The third kappa shape index (κ3) is 5.04. The monoisotopic (exact) mass is 534 g/mol. The van der Waals surface area contributed by atoms with Gasteiger partial charge in [-0.1, -0.05) is 95.6 Å². The van der Waals surface area contributed by atoms with Crippen molar-refractivity contribution in [1.82, 2.24) is 10.6 Å². The number of halogens is 2. The molecule has 1 atom stereocenters. The van der Waals surface area contributed by atoms with Crippen LogP contribution in [0.4, 0.5) is 16.2 Å². The molecule has 8 heteroatoms. The zero-order valence-electron chi connectivity index (χ0n) is 19.2. The van der Waals surface area contributed by atoms with Gasteiger partial charge in [0, 0.05) is 23.0 Å². The number of nitrogens with zero attached hydrogens (tertiary/aromatic N) is 1. The number of carbonyl (C=O) groups is 1. The lowest BCUT2D eigenvalue weighted by molar-refractivity contribution is 0.240. The Balaban J connectivity index is 1.36. The van der Waals surface area contributed by atoms with Gasteiger partial charge in [0.05, 0.1) is 16.4 Å². The maximum absolute atomic E-state index is 13.1. The molecule has 1 unspecified atom stereocenters. The third-order valence-electron chi connectivity index (χ3n) is 6.00. The van der Waals surface area contributed by atoms with E-state index in [1.165, 1.54) is 0 Å². The van der Waals surface area contributed by atoms with Crippen LogP contribution in [0.3, 0.4) is 0 Å². The average Bonchev–Trinajstić information content (AvgIpc) is 3.25. The number of rotatable bonds is 6. The smallest absolute Gasteiger partial charge is 0.317 e. The van der Waals surface area contributed by atoms with Crippen LogP contribution in [0.2, 0.25) is 10.0 Å². The Morgan fingerprint density at radius 1 is 0.889 bits per heavy atom. The minimum atomic E-state index is -0.390. The van der Waals surface area contributed by atoms with Crippen molar-refractivity contribution in [2.24, 2.45) is 5.73 Å². The predicted molar refractivity (Wildman–Crippen MR) is 150 cm³/mol. The van der Waals surface area contributed by atoms with Gasteiger partial charge in [-0.3, -0.25) is 0 Å². The second-order valence-electron chi connectivity index (χ2n) is 8.25. The van der Waals surface area contributed by atoms with Gasteiger partial charge in [-0.25, -0.2) is 4.79 Å². The molecule has 1 heterocycles. The first-order valence-corrected chi connectivity index (χ1v) is 13.1. The zero-order chi connectivity index (χ0) is 25.1. The van der Waals surface area contributed by atoms with Crippen LogP contribution in [0.15, 0.2) is 95.9 Å². The van der Waals surface area contributed by atoms with Gasteiger partial charge in [0.15, 0.2) is 5.50 Å². The fourth-order valence-electron chi connectivity index (χ4n) is 4.31. The molecule has 1 aliphatic rings. The van der Waals surface area contributed by atoms with E-state index in [1.54, 1.807) is 11.8 Å². The van der Waals surface area contributed by atoms with Crippen molar-refractivity contribution in [3.63, 3.8) is 0 Å². The summed E-state index contributed by atoms with van der Waals surface area (Å²) in [5.41, 5.74) is 11.4. The highest BCUT2D eigenvalue weighted by molar-refractivity contribution is 8.00. The number of hydrogen-bond acceptors (Lipinski definition) is 4. The highest BCUT2D eigenvalue weighted by atomic mass is 35.5. The normalized spacial score (nSPS) is 14.4. The first-order chi connectivity index (χ1) is 17.5. The average molecular weight is 536 g/mol. The molecule has 0 spiro atoms. The molecule has 5 nitrogen and oxygen atoms in total. The predicted octanol–water partition coefficient (Wildman–Crippen LogP) is 7.15. The summed E-state index contributed by atoms with van der Waals surface area (Å²) < 4.78 is 0. The van der Waals surface area contributed by atoms with E-state index in [4.69, 9.17) is 28.9 Å². The number of nitrogens with one attached hydrogen (secondary N) is 2. The lowest BCUT2D eigenvalue weighted by atomic mass is 10.00. The molecule has 2 amide bonds. The molecule has 0 aliphatic carbocycles. The van der Waals surface area contributed by atoms with E-state index in [-0.39, 0.29) is 11.5 Å². The van der Waals surface area contributed by atoms with Crippen LogP contribution in [0.5, 0.6) is 0 Å². The second-order valence-corrected chi connectivity index (χ2v) is 10.2. The van der Waals surface area contributed by atoms with E-state index >= 15 is 0 Å². The Morgan fingerprint density at radius 2 is 1.61 bits per heavy atom. The van der Waals surface area contributed by atoms with Gasteiger partial charge in [0.1, 0.15) is 0 Å². The van der Waals surface area contributed by atoms with Gasteiger partial charge in [-0.2, -0.15) is 0 Å². The summed E-state index contributed by atoms with van der Waals surface area (Å²) in [7, 11) is 0. The molecule has 4 aromatic carbocycles. The van der Waals surface area contributed by atoms with E-state index in [9.17, 15) is 4.79 Å². The van der Waals surface area contributed by atoms with Crippen LogP contribution in [0.1, 0.15) is 11.1 Å². The Morgan fingerprint density at radius 3 is 2.42 bits per heavy atom. The van der Waals surface area contributed by atoms with Gasteiger partial charge >= 0.3 is 6.03 Å². The molecule has 0 radical (unpaired) electrons. The molecule has 5 rings (SSSR count). The third-order valence-corrected chi connectivity index (χ3v) is 7.70. The molecule has 1 aliphatic heterocycles. The number of anilines is 2. The Hall–Kier alpha value is -3.16. The number of carbonyl (C=O) groups excluding carboxylic acids is 1. The Labute approximate surface area is 224 Å². The van der Waals surface area contributed by atoms with Crippen LogP contribution >= 0.6 is 35.0 Å². The lowest BCUT2D eigenvalue weighted by Crippen LogP contribution is -2.46. The molecular formula is C28H24Cl2N4OS. The number of amides is 2. The van der Waals surface area contributed by atoms with Crippen LogP contribution in [0, 0.1) is 0 Å². The fourth-order valence-corrected chi connectivity index (χ4v) is 5.89. The fraction of sp³-hybridized carbons (Fsp3) is 0.107. The van der Waals surface area contributed by atoms with Gasteiger partial charge in [-0.15, -0.1) is 0 Å². The van der Waals surface area contributed by atoms with Gasteiger partial charge in [-0.05, 0) is 52.6 Å². The molecule has 4 N–H and O–H groups in total. The summed E-state index contributed by atoms with van der Waals surface area (Å²) in [6.07, 6.45) is 0. The van der Waals surface area contributed by atoms with Crippen molar-refractivity contribution in [3.05, 3.63) is 112 Å². The molecule has 0 saturated carbocycles. The minimum absolute atomic E-state index is 0.280. The van der Waals surface area contributed by atoms with Crippen molar-refractivity contribution in [2.75, 3.05) is 4.90 Å². The largest absolute Gasteiger partial charge is 0.334 e. The maximum atomic E-state index is 13.1. The minimum Gasteiger partial charge on any atom is -0.334 e. The number of benzene rings is 4. The molecular weight excluding hydrogens is 511 g/mol. The second kappa shape index (κ2) is 10.8. The van der Waals surface area contributed by atoms with Crippen LogP contribution in [0.25, 0.3) is 11.1 Å².